The summed E-state index contributed by atoms with van der Waals surface area (Å²) in [5, 5.41) is 3.29. The van der Waals surface area contributed by atoms with Crippen LogP contribution in [0.2, 0.25) is 0 Å². The number of hydrogen-bond donors (Lipinski definition) is 1. The minimum atomic E-state index is 0. The van der Waals surface area contributed by atoms with Crippen LogP contribution in [0.4, 0.5) is 4.79 Å². The summed E-state index contributed by atoms with van der Waals surface area (Å²) in [6.45, 7) is 3.62. The van der Waals surface area contributed by atoms with Gasteiger partial charge < -0.3 is 20.0 Å². The van der Waals surface area contributed by atoms with Gasteiger partial charge >= 0.3 is 6.03 Å². The van der Waals surface area contributed by atoms with Gasteiger partial charge in [0.05, 0.1) is 0 Å². The fourth-order valence-electron chi connectivity index (χ4n) is 4.16. The van der Waals surface area contributed by atoms with Crippen LogP contribution in [0.3, 0.4) is 0 Å². The van der Waals surface area contributed by atoms with E-state index in [9.17, 15) is 9.59 Å². The van der Waals surface area contributed by atoms with Crippen molar-refractivity contribution in [2.75, 3.05) is 40.3 Å². The van der Waals surface area contributed by atoms with Crippen LogP contribution in [-0.4, -0.2) is 73.0 Å². The normalized spacial score (nSPS) is 20.4. The predicted molar refractivity (Wildman–Crippen MR) is 114 cm³/mol. The van der Waals surface area contributed by atoms with E-state index < -0.39 is 0 Å². The monoisotopic (exact) mass is 408 g/mol. The number of likely N-dealkylation sites (N-methyl/N-ethyl adjacent to an activating group) is 1. The molecule has 6 nitrogen and oxygen atoms in total. The Bertz CT molecular complexity index is 635. The van der Waals surface area contributed by atoms with Crippen LogP contribution in [0.25, 0.3) is 0 Å². The first-order valence-corrected chi connectivity index (χ1v) is 10.1. The number of benzene rings is 1. The molecule has 2 aliphatic rings. The van der Waals surface area contributed by atoms with E-state index in [1.807, 2.05) is 54.2 Å². The first-order valence-electron chi connectivity index (χ1n) is 10.1. The van der Waals surface area contributed by atoms with Crippen LogP contribution in [0.5, 0.6) is 0 Å². The third-order valence-corrected chi connectivity index (χ3v) is 5.85. The second-order valence-electron chi connectivity index (χ2n) is 7.80. The lowest BCUT2D eigenvalue weighted by Gasteiger charge is -2.38. The van der Waals surface area contributed by atoms with E-state index in [2.05, 4.69) is 5.32 Å². The molecule has 28 heavy (non-hydrogen) atoms. The Balaban J connectivity index is 0.00000280. The number of nitrogens with zero attached hydrogens (tertiary/aromatic N) is 3. The lowest BCUT2D eigenvalue weighted by Crippen LogP contribution is -2.51. The molecule has 0 aliphatic carbocycles. The fourth-order valence-corrected chi connectivity index (χ4v) is 4.16. The third-order valence-electron chi connectivity index (χ3n) is 5.85. The first-order chi connectivity index (χ1) is 13.1. The molecule has 3 amide bonds. The molecule has 7 heteroatoms. The minimum Gasteiger partial charge on any atom is -0.341 e. The van der Waals surface area contributed by atoms with Crippen LogP contribution in [-0.2, 0) is 11.3 Å². The molecule has 3 rings (SSSR count). The summed E-state index contributed by atoms with van der Waals surface area (Å²) in [4.78, 5) is 31.2. The van der Waals surface area contributed by atoms with Crippen LogP contribution in [0.15, 0.2) is 30.3 Å². The van der Waals surface area contributed by atoms with Gasteiger partial charge in [0.25, 0.3) is 0 Å². The highest BCUT2D eigenvalue weighted by Crippen LogP contribution is 2.23. The average molecular weight is 409 g/mol. The van der Waals surface area contributed by atoms with Crippen LogP contribution in [0.1, 0.15) is 31.2 Å². The van der Waals surface area contributed by atoms with Gasteiger partial charge in [0.2, 0.25) is 5.91 Å². The molecule has 0 radical (unpaired) electrons. The summed E-state index contributed by atoms with van der Waals surface area (Å²) < 4.78 is 0. The van der Waals surface area contributed by atoms with Gasteiger partial charge in [-0.3, -0.25) is 4.79 Å². The van der Waals surface area contributed by atoms with Crippen molar-refractivity contribution < 1.29 is 9.59 Å². The topological polar surface area (TPSA) is 55.9 Å². The number of rotatable bonds is 4. The quantitative estimate of drug-likeness (QED) is 0.833. The smallest absolute Gasteiger partial charge is 0.320 e. The van der Waals surface area contributed by atoms with E-state index in [-0.39, 0.29) is 30.3 Å². The predicted octanol–water partition coefficient (Wildman–Crippen LogP) is 2.58. The number of urea groups is 1. The van der Waals surface area contributed by atoms with Crippen LogP contribution in [0, 0.1) is 5.92 Å². The molecule has 0 aromatic heterocycles. The number of halogens is 1. The van der Waals surface area contributed by atoms with Crippen LogP contribution >= 0.6 is 12.4 Å². The molecule has 1 atom stereocenters. The van der Waals surface area contributed by atoms with Crippen molar-refractivity contribution in [3.05, 3.63) is 35.9 Å². The van der Waals surface area contributed by atoms with Crippen molar-refractivity contribution >= 4 is 24.3 Å². The number of carbonyl (C=O) groups excluding carboxylic acids is 2. The third kappa shape index (κ3) is 5.61. The van der Waals surface area contributed by atoms with Crippen molar-refractivity contribution in [3.63, 3.8) is 0 Å². The maximum atomic E-state index is 12.9. The molecular weight excluding hydrogens is 376 g/mol. The summed E-state index contributed by atoms with van der Waals surface area (Å²) >= 11 is 0. The van der Waals surface area contributed by atoms with Gasteiger partial charge in [-0.15, -0.1) is 12.4 Å². The summed E-state index contributed by atoms with van der Waals surface area (Å²) in [6, 6.07) is 10.5. The van der Waals surface area contributed by atoms with E-state index in [0.29, 0.717) is 25.7 Å². The maximum absolute atomic E-state index is 12.9. The van der Waals surface area contributed by atoms with Gasteiger partial charge in [-0.25, -0.2) is 4.79 Å². The molecule has 0 saturated carbocycles. The van der Waals surface area contributed by atoms with Gasteiger partial charge in [-0.1, -0.05) is 30.3 Å². The number of hydrogen-bond acceptors (Lipinski definition) is 3. The van der Waals surface area contributed by atoms with Gasteiger partial charge in [0, 0.05) is 51.7 Å². The summed E-state index contributed by atoms with van der Waals surface area (Å²) in [5.41, 5.74) is 1.13. The molecular formula is C21H33ClN4O2. The highest BCUT2D eigenvalue weighted by atomic mass is 35.5. The average Bonchev–Trinajstić information content (AvgIpc) is 2.73. The van der Waals surface area contributed by atoms with Gasteiger partial charge in [0.1, 0.15) is 0 Å². The molecule has 156 valence electrons. The molecule has 1 unspecified atom stereocenters. The molecule has 2 aliphatic heterocycles. The van der Waals surface area contributed by atoms with Crippen molar-refractivity contribution in [1.29, 1.82) is 0 Å². The zero-order valence-electron chi connectivity index (χ0n) is 17.0. The molecule has 1 N–H and O–H groups in total. The number of carbonyl (C=O) groups is 2. The number of nitrogens with one attached hydrogen (secondary N) is 1. The highest BCUT2D eigenvalue weighted by molar-refractivity contribution is 5.85. The first kappa shape index (κ1) is 22.5. The molecule has 2 saturated heterocycles. The lowest BCUT2D eigenvalue weighted by molar-refractivity contribution is -0.138. The Kier molecular flexibility index (Phi) is 8.58. The second kappa shape index (κ2) is 10.7. The maximum Gasteiger partial charge on any atom is 0.320 e. The Morgan fingerprint density at radius 1 is 1.07 bits per heavy atom. The number of piperidine rings is 2. The second-order valence-corrected chi connectivity index (χ2v) is 7.80. The molecule has 2 fully saturated rings. The largest absolute Gasteiger partial charge is 0.341 e. The Hall–Kier alpha value is -1.79. The summed E-state index contributed by atoms with van der Waals surface area (Å²) in [5.74, 6) is 0.337. The highest BCUT2D eigenvalue weighted by Gasteiger charge is 2.32. The zero-order valence-corrected chi connectivity index (χ0v) is 17.8. The van der Waals surface area contributed by atoms with E-state index in [4.69, 9.17) is 0 Å². The SMILES string of the molecule is CNC1CCCN(C(=O)C2CCN(C(=O)N(C)Cc3ccccc3)CC2)C1.Cl. The molecule has 1 aromatic carbocycles. The standard InChI is InChI=1S/C21H32N4O2.ClH/c1-22-19-9-6-12-25(16-19)20(26)18-10-13-24(14-11-18)21(27)23(2)15-17-7-4-3-5-8-17;/h3-5,7-8,18-19,22H,6,9-16H2,1-2H3;1H. The lowest BCUT2D eigenvalue weighted by atomic mass is 9.94. The number of amides is 3. The molecule has 2 heterocycles. The number of likely N-dealkylation sites (tertiary alicyclic amines) is 2. The van der Waals surface area contributed by atoms with E-state index in [1.54, 1.807) is 4.90 Å². The van der Waals surface area contributed by atoms with E-state index in [0.717, 1.165) is 44.3 Å². The van der Waals surface area contributed by atoms with Gasteiger partial charge in [-0.2, -0.15) is 0 Å². The summed E-state index contributed by atoms with van der Waals surface area (Å²) in [6.07, 6.45) is 3.74. The minimum absolute atomic E-state index is 0. The zero-order chi connectivity index (χ0) is 19.2. The van der Waals surface area contributed by atoms with Crippen LogP contribution < -0.4 is 5.32 Å². The molecule has 0 bridgehead atoms. The Morgan fingerprint density at radius 3 is 2.39 bits per heavy atom. The summed E-state index contributed by atoms with van der Waals surface area (Å²) in [7, 11) is 3.81. The van der Waals surface area contributed by atoms with Gasteiger partial charge in [0.15, 0.2) is 0 Å². The fraction of sp³-hybridized carbons (Fsp3) is 0.619. The van der Waals surface area contributed by atoms with Crippen molar-refractivity contribution in [3.8, 4) is 0 Å². The van der Waals surface area contributed by atoms with E-state index >= 15 is 0 Å². The van der Waals surface area contributed by atoms with Gasteiger partial charge in [-0.05, 0) is 38.3 Å². The Morgan fingerprint density at radius 2 is 1.75 bits per heavy atom. The van der Waals surface area contributed by atoms with Crippen molar-refractivity contribution in [1.82, 2.24) is 20.0 Å². The Labute approximate surface area is 174 Å². The molecule has 0 spiro atoms. The van der Waals surface area contributed by atoms with E-state index in [1.165, 1.54) is 0 Å². The van der Waals surface area contributed by atoms with Crippen molar-refractivity contribution in [2.45, 2.75) is 38.3 Å². The molecule has 1 aromatic rings. The van der Waals surface area contributed by atoms with Crippen molar-refractivity contribution in [2.24, 2.45) is 5.92 Å².